The molecule has 0 heterocycles. The van der Waals surface area contributed by atoms with Crippen LogP contribution < -0.4 is 5.73 Å². The van der Waals surface area contributed by atoms with Gasteiger partial charge in [-0.25, -0.2) is 0 Å². The van der Waals surface area contributed by atoms with Crippen LogP contribution in [-0.2, 0) is 0 Å². The number of nitrogens with two attached hydrogens (primary N) is 1. The Hall–Kier alpha value is -2.85. The summed E-state index contributed by atoms with van der Waals surface area (Å²) in [6.45, 7) is 0. The maximum absolute atomic E-state index is 12.8. The van der Waals surface area contributed by atoms with Crippen LogP contribution in [0.1, 0.15) is 31.8 Å². The Morgan fingerprint density at radius 2 is 1.46 bits per heavy atom. The van der Waals surface area contributed by atoms with Crippen LogP contribution >= 0.6 is 11.8 Å². The standard InChI is InChI=1S/C20H13NO2S/c21-17-8-4-7-15-18(17)20(23)14-10-9-13(11-16(14)19(15)22)24-12-5-2-1-3-6-12/h1-11H,21H2. The van der Waals surface area contributed by atoms with E-state index >= 15 is 0 Å². The molecule has 2 N–H and O–H groups in total. The van der Waals surface area contributed by atoms with Gasteiger partial charge in [-0.3, -0.25) is 9.59 Å². The molecule has 24 heavy (non-hydrogen) atoms. The molecule has 0 amide bonds. The van der Waals surface area contributed by atoms with E-state index in [0.717, 1.165) is 9.79 Å². The quantitative estimate of drug-likeness (QED) is 0.559. The van der Waals surface area contributed by atoms with Crippen molar-refractivity contribution in [3.05, 3.63) is 89.0 Å². The molecule has 0 unspecified atom stereocenters. The number of nitrogen functional groups attached to an aromatic ring is 1. The normalized spacial score (nSPS) is 12.7. The lowest BCUT2D eigenvalue weighted by Crippen LogP contribution is -2.22. The fourth-order valence-corrected chi connectivity index (χ4v) is 3.77. The SMILES string of the molecule is Nc1cccc2c1C(=O)c1ccc(Sc3ccccc3)cc1C2=O. The molecular weight excluding hydrogens is 318 g/mol. The van der Waals surface area contributed by atoms with Crippen molar-refractivity contribution in [2.24, 2.45) is 0 Å². The van der Waals surface area contributed by atoms with E-state index < -0.39 is 0 Å². The van der Waals surface area contributed by atoms with Crippen molar-refractivity contribution in [2.45, 2.75) is 9.79 Å². The summed E-state index contributed by atoms with van der Waals surface area (Å²) in [7, 11) is 0. The van der Waals surface area contributed by atoms with Crippen molar-refractivity contribution >= 4 is 29.0 Å². The molecule has 1 aliphatic rings. The second-order valence-corrected chi connectivity index (χ2v) is 6.70. The highest BCUT2D eigenvalue weighted by molar-refractivity contribution is 7.99. The first kappa shape index (κ1) is 14.7. The predicted molar refractivity (Wildman–Crippen MR) is 94.7 cm³/mol. The Labute approximate surface area is 143 Å². The van der Waals surface area contributed by atoms with Crippen molar-refractivity contribution in [3.63, 3.8) is 0 Å². The van der Waals surface area contributed by atoms with Gasteiger partial charge in [0.05, 0.1) is 5.56 Å². The van der Waals surface area contributed by atoms with Crippen molar-refractivity contribution in [3.8, 4) is 0 Å². The zero-order valence-corrected chi connectivity index (χ0v) is 13.5. The molecule has 116 valence electrons. The summed E-state index contributed by atoms with van der Waals surface area (Å²) in [5.74, 6) is -0.337. The van der Waals surface area contributed by atoms with Crippen LogP contribution in [0, 0.1) is 0 Å². The van der Waals surface area contributed by atoms with E-state index in [0.29, 0.717) is 27.9 Å². The maximum atomic E-state index is 12.8. The molecule has 4 rings (SSSR count). The smallest absolute Gasteiger partial charge is 0.196 e. The minimum atomic E-state index is -0.186. The second kappa shape index (κ2) is 5.65. The second-order valence-electron chi connectivity index (χ2n) is 5.55. The minimum Gasteiger partial charge on any atom is -0.398 e. The summed E-state index contributed by atoms with van der Waals surface area (Å²) in [4.78, 5) is 27.5. The van der Waals surface area contributed by atoms with Gasteiger partial charge in [0.25, 0.3) is 0 Å². The summed E-state index contributed by atoms with van der Waals surface area (Å²) in [5.41, 5.74) is 7.82. The van der Waals surface area contributed by atoms with Crippen LogP contribution in [0.25, 0.3) is 0 Å². The van der Waals surface area contributed by atoms with Gasteiger partial charge in [0, 0.05) is 32.2 Å². The Balaban J connectivity index is 1.79. The topological polar surface area (TPSA) is 60.2 Å². The van der Waals surface area contributed by atoms with Gasteiger partial charge >= 0.3 is 0 Å². The van der Waals surface area contributed by atoms with Gasteiger partial charge in [0.15, 0.2) is 11.6 Å². The van der Waals surface area contributed by atoms with E-state index in [1.807, 2.05) is 36.4 Å². The van der Waals surface area contributed by atoms with Crippen LogP contribution in [0.4, 0.5) is 5.69 Å². The Morgan fingerprint density at radius 3 is 2.25 bits per heavy atom. The van der Waals surface area contributed by atoms with E-state index in [1.54, 1.807) is 42.1 Å². The highest BCUT2D eigenvalue weighted by atomic mass is 32.2. The molecule has 1 aliphatic carbocycles. The molecule has 3 nitrogen and oxygen atoms in total. The summed E-state index contributed by atoms with van der Waals surface area (Å²) in [5, 5.41) is 0. The number of hydrogen-bond acceptors (Lipinski definition) is 4. The fourth-order valence-electron chi connectivity index (χ4n) is 2.89. The molecule has 0 saturated heterocycles. The van der Waals surface area contributed by atoms with Crippen LogP contribution in [0.2, 0.25) is 0 Å². The van der Waals surface area contributed by atoms with E-state index in [1.165, 1.54) is 0 Å². The Morgan fingerprint density at radius 1 is 0.667 bits per heavy atom. The zero-order valence-electron chi connectivity index (χ0n) is 12.7. The molecule has 0 radical (unpaired) electrons. The summed E-state index contributed by atoms with van der Waals surface area (Å²) in [6, 6.07) is 20.3. The van der Waals surface area contributed by atoms with Gasteiger partial charge in [-0.05, 0) is 36.4 Å². The third-order valence-corrected chi connectivity index (χ3v) is 5.03. The first-order valence-electron chi connectivity index (χ1n) is 7.50. The highest BCUT2D eigenvalue weighted by Gasteiger charge is 2.31. The third kappa shape index (κ3) is 2.32. The van der Waals surface area contributed by atoms with Crippen LogP contribution in [0.5, 0.6) is 0 Å². The highest BCUT2D eigenvalue weighted by Crippen LogP contribution is 2.34. The molecule has 3 aromatic rings. The number of carbonyl (C=O) groups is 2. The lowest BCUT2D eigenvalue weighted by molar-refractivity contribution is 0.0979. The summed E-state index contributed by atoms with van der Waals surface area (Å²) >= 11 is 1.56. The van der Waals surface area contributed by atoms with Crippen LogP contribution in [0.15, 0.2) is 76.5 Å². The predicted octanol–water partition coefficient (Wildman–Crippen LogP) is 4.20. The minimum absolute atomic E-state index is 0.151. The molecule has 0 fully saturated rings. The molecule has 0 aliphatic heterocycles. The molecule has 3 aromatic carbocycles. The van der Waals surface area contributed by atoms with Gasteiger partial charge in [0.2, 0.25) is 0 Å². The number of ketones is 2. The number of carbonyl (C=O) groups excluding carboxylic acids is 2. The summed E-state index contributed by atoms with van der Waals surface area (Å²) in [6.07, 6.45) is 0. The Kier molecular flexibility index (Phi) is 3.47. The van der Waals surface area contributed by atoms with Gasteiger partial charge in [0.1, 0.15) is 0 Å². The maximum Gasteiger partial charge on any atom is 0.196 e. The van der Waals surface area contributed by atoms with E-state index in [4.69, 9.17) is 5.73 Å². The summed E-state index contributed by atoms with van der Waals surface area (Å²) < 4.78 is 0. The lowest BCUT2D eigenvalue weighted by Gasteiger charge is -2.19. The average molecular weight is 331 g/mol. The number of hydrogen-bond donors (Lipinski definition) is 1. The van der Waals surface area contributed by atoms with Gasteiger partial charge < -0.3 is 5.73 Å². The van der Waals surface area contributed by atoms with Crippen molar-refractivity contribution in [2.75, 3.05) is 5.73 Å². The number of fused-ring (bicyclic) bond motifs is 2. The largest absolute Gasteiger partial charge is 0.398 e. The fraction of sp³-hybridized carbons (Fsp3) is 0. The molecule has 0 spiro atoms. The average Bonchev–Trinajstić information content (AvgIpc) is 2.60. The van der Waals surface area contributed by atoms with Crippen LogP contribution in [0.3, 0.4) is 0 Å². The molecule has 0 bridgehead atoms. The molecule has 4 heteroatoms. The van der Waals surface area contributed by atoms with Gasteiger partial charge in [-0.15, -0.1) is 0 Å². The van der Waals surface area contributed by atoms with E-state index in [-0.39, 0.29) is 11.6 Å². The van der Waals surface area contributed by atoms with Crippen molar-refractivity contribution < 1.29 is 9.59 Å². The number of rotatable bonds is 2. The van der Waals surface area contributed by atoms with E-state index in [9.17, 15) is 9.59 Å². The first-order valence-corrected chi connectivity index (χ1v) is 8.31. The van der Waals surface area contributed by atoms with Gasteiger partial charge in [-0.2, -0.15) is 0 Å². The van der Waals surface area contributed by atoms with Crippen molar-refractivity contribution in [1.82, 2.24) is 0 Å². The monoisotopic (exact) mass is 331 g/mol. The number of benzene rings is 3. The lowest BCUT2D eigenvalue weighted by atomic mass is 9.83. The van der Waals surface area contributed by atoms with Gasteiger partial charge in [-0.1, -0.05) is 42.1 Å². The zero-order chi connectivity index (χ0) is 16.7. The Bertz CT molecular complexity index is 980. The third-order valence-electron chi connectivity index (χ3n) is 4.03. The molecular formula is C20H13NO2S. The molecule has 0 atom stereocenters. The van der Waals surface area contributed by atoms with Crippen molar-refractivity contribution in [1.29, 1.82) is 0 Å². The first-order chi connectivity index (χ1) is 11.6. The number of anilines is 1. The molecule has 0 aromatic heterocycles. The molecule has 0 saturated carbocycles. The van der Waals surface area contributed by atoms with Crippen LogP contribution in [-0.4, -0.2) is 11.6 Å². The van der Waals surface area contributed by atoms with E-state index in [2.05, 4.69) is 0 Å².